The van der Waals surface area contributed by atoms with E-state index in [1.54, 1.807) is 97.1 Å². The summed E-state index contributed by atoms with van der Waals surface area (Å²) in [6, 6.07) is 43.6. The number of aliphatic imine (C=N–C) groups is 4. The summed E-state index contributed by atoms with van der Waals surface area (Å²) >= 11 is 3.06. The van der Waals surface area contributed by atoms with Gasteiger partial charge in [0.1, 0.15) is 0 Å². The van der Waals surface area contributed by atoms with Crippen LogP contribution >= 0.6 is 23.5 Å². The van der Waals surface area contributed by atoms with E-state index in [0.29, 0.717) is 78.5 Å². The first kappa shape index (κ1) is 45.2. The fourth-order valence-corrected chi connectivity index (χ4v) is 9.33. The lowest BCUT2D eigenvalue weighted by Crippen LogP contribution is -2.43. The third-order valence-corrected chi connectivity index (χ3v) is 12.9. The van der Waals surface area contributed by atoms with Crippen LogP contribution in [-0.4, -0.2) is 87.7 Å². The van der Waals surface area contributed by atoms with Gasteiger partial charge in [0.15, 0.2) is 0 Å². The number of nitrogens with zero attached hydrogens (tertiary/aromatic N) is 4. The van der Waals surface area contributed by atoms with E-state index in [2.05, 4.69) is 0 Å². The molecular formula is C52H42N4O8S2. The van der Waals surface area contributed by atoms with Crippen molar-refractivity contribution in [2.24, 2.45) is 20.0 Å². The Kier molecular flexibility index (Phi) is 13.0. The first-order chi connectivity index (χ1) is 32.0. The maximum atomic E-state index is 12.7. The number of methoxy groups -OCH3 is 4. The van der Waals surface area contributed by atoms with Crippen molar-refractivity contribution < 1.29 is 38.1 Å². The maximum absolute atomic E-state index is 12.7. The monoisotopic (exact) mass is 914 g/mol. The van der Waals surface area contributed by atoms with Crippen LogP contribution in [0.15, 0.2) is 175 Å². The SMILES string of the molecule is COC(=O)c1ccc(C2=NC(c3ccccc3SC)(C3(c4ccccc4SC)N=C(c4ccc(C(=O)OC)cc4)C(c4ccc(C(=O)OC)cc4)=N3)N=C2c2ccc(C(=O)OC)cc2)cc1. The molecule has 0 amide bonds. The third-order valence-electron chi connectivity index (χ3n) is 11.3. The molecule has 0 bridgehead atoms. The van der Waals surface area contributed by atoms with E-state index in [1.165, 1.54) is 52.0 Å². The summed E-state index contributed by atoms with van der Waals surface area (Å²) in [7, 11) is 5.32. The summed E-state index contributed by atoms with van der Waals surface area (Å²) in [4.78, 5) is 75.6. The number of rotatable bonds is 13. The molecule has 14 heteroatoms. The molecule has 12 nitrogen and oxygen atoms in total. The molecule has 6 aromatic rings. The van der Waals surface area contributed by atoms with Gasteiger partial charge in [0.25, 0.3) is 0 Å². The molecule has 66 heavy (non-hydrogen) atoms. The highest BCUT2D eigenvalue weighted by Gasteiger charge is 2.61. The Hall–Kier alpha value is -7.42. The molecule has 0 N–H and O–H groups in total. The predicted octanol–water partition coefficient (Wildman–Crippen LogP) is 9.27. The lowest BCUT2D eigenvalue weighted by molar-refractivity contribution is 0.0592. The summed E-state index contributed by atoms with van der Waals surface area (Å²) < 4.78 is 20.1. The van der Waals surface area contributed by atoms with Crippen LogP contribution in [0.3, 0.4) is 0 Å². The Balaban J connectivity index is 1.53. The number of benzene rings is 6. The van der Waals surface area contributed by atoms with E-state index in [4.69, 9.17) is 38.9 Å². The van der Waals surface area contributed by atoms with E-state index in [9.17, 15) is 19.2 Å². The number of hydrogen-bond donors (Lipinski definition) is 0. The first-order valence-electron chi connectivity index (χ1n) is 20.5. The Morgan fingerprint density at radius 1 is 0.364 bits per heavy atom. The quantitative estimate of drug-likeness (QED) is 0.0622. The predicted molar refractivity (Wildman–Crippen MR) is 257 cm³/mol. The number of ether oxygens (including phenoxy) is 4. The molecule has 2 aliphatic rings. The van der Waals surface area contributed by atoms with Crippen molar-refractivity contribution in [1.29, 1.82) is 0 Å². The van der Waals surface area contributed by atoms with Crippen LogP contribution in [-0.2, 0) is 30.3 Å². The van der Waals surface area contributed by atoms with Crippen molar-refractivity contribution in [3.8, 4) is 0 Å². The number of carbonyl (C=O) groups is 4. The van der Waals surface area contributed by atoms with Gasteiger partial charge in [-0.25, -0.2) is 39.1 Å². The molecule has 6 aromatic carbocycles. The Morgan fingerprint density at radius 2 is 0.591 bits per heavy atom. The van der Waals surface area contributed by atoms with Crippen molar-refractivity contribution in [2.75, 3.05) is 41.0 Å². The molecule has 2 heterocycles. The van der Waals surface area contributed by atoms with Gasteiger partial charge in [0.05, 0.1) is 73.5 Å². The number of esters is 4. The van der Waals surface area contributed by atoms with Crippen LogP contribution < -0.4 is 0 Å². The zero-order chi connectivity index (χ0) is 46.6. The van der Waals surface area contributed by atoms with Crippen molar-refractivity contribution >= 4 is 70.2 Å². The van der Waals surface area contributed by atoms with Gasteiger partial charge in [-0.2, -0.15) is 0 Å². The van der Waals surface area contributed by atoms with Crippen LogP contribution in [0.4, 0.5) is 0 Å². The van der Waals surface area contributed by atoms with Crippen molar-refractivity contribution in [3.05, 3.63) is 201 Å². The molecular weight excluding hydrogens is 873 g/mol. The average Bonchev–Trinajstić information content (AvgIpc) is 4.00. The molecule has 330 valence electrons. The van der Waals surface area contributed by atoms with Gasteiger partial charge in [-0.05, 0) is 73.2 Å². The van der Waals surface area contributed by atoms with E-state index < -0.39 is 35.2 Å². The topological polar surface area (TPSA) is 155 Å². The fourth-order valence-electron chi connectivity index (χ4n) is 8.04. The molecule has 0 saturated heterocycles. The molecule has 0 saturated carbocycles. The van der Waals surface area contributed by atoms with Crippen molar-refractivity contribution in [2.45, 2.75) is 21.1 Å². The van der Waals surface area contributed by atoms with Crippen LogP contribution in [0.5, 0.6) is 0 Å². The summed E-state index contributed by atoms with van der Waals surface area (Å²) in [6.45, 7) is 0. The first-order valence-corrected chi connectivity index (χ1v) is 22.9. The fraction of sp³-hybridized carbons (Fsp3) is 0.154. The standard InChI is InChI=1S/C52H42N4O8S2/c1-61-47(57)35-23-15-31(16-24-35)43-44(32-17-25-36(26-18-32)48(58)62-2)54-51(53-43,39-11-7-9-13-41(39)65-5)52(40-12-8-10-14-42(40)66-6)55-45(33-19-27-37(28-20-33)49(59)63-3)46(56-52)34-21-29-38(30-22-34)50(60)64-4/h7-30H,1-6H3. The van der Waals surface area contributed by atoms with Gasteiger partial charge in [0, 0.05) is 43.2 Å². The van der Waals surface area contributed by atoms with Crippen LogP contribution in [0, 0.1) is 0 Å². The molecule has 0 radical (unpaired) electrons. The number of hydrogen-bond acceptors (Lipinski definition) is 14. The van der Waals surface area contributed by atoms with E-state index in [0.717, 1.165) is 9.79 Å². The summed E-state index contributed by atoms with van der Waals surface area (Å²) in [5.74, 6) is -1.97. The molecule has 0 spiro atoms. The van der Waals surface area contributed by atoms with Gasteiger partial charge in [0.2, 0.25) is 11.3 Å². The maximum Gasteiger partial charge on any atom is 0.337 e. The minimum atomic E-state index is -1.70. The van der Waals surface area contributed by atoms with Crippen molar-refractivity contribution in [1.82, 2.24) is 0 Å². The average molecular weight is 915 g/mol. The molecule has 0 atom stereocenters. The number of thioether (sulfide) groups is 2. The summed E-state index contributed by atoms with van der Waals surface area (Å²) in [5.41, 5.74) is 3.84. The lowest BCUT2D eigenvalue weighted by atomic mass is 9.82. The van der Waals surface area contributed by atoms with Gasteiger partial charge in [-0.1, -0.05) is 84.9 Å². The van der Waals surface area contributed by atoms with Gasteiger partial charge in [-0.3, -0.25) is 0 Å². The smallest absolute Gasteiger partial charge is 0.337 e. The van der Waals surface area contributed by atoms with Crippen LogP contribution in [0.1, 0.15) is 74.8 Å². The molecule has 0 aliphatic carbocycles. The molecule has 0 fully saturated rings. The normalized spacial score (nSPS) is 14.6. The van der Waals surface area contributed by atoms with Gasteiger partial charge < -0.3 is 18.9 Å². The highest BCUT2D eigenvalue weighted by molar-refractivity contribution is 7.98. The largest absolute Gasteiger partial charge is 0.465 e. The number of carbonyl (C=O) groups excluding carboxylic acids is 4. The minimum absolute atomic E-state index is 0.348. The van der Waals surface area contributed by atoms with Crippen LogP contribution in [0.25, 0.3) is 0 Å². The lowest BCUT2D eigenvalue weighted by Gasteiger charge is -2.39. The van der Waals surface area contributed by atoms with E-state index in [1.807, 2.05) is 61.0 Å². The van der Waals surface area contributed by atoms with Gasteiger partial charge >= 0.3 is 23.9 Å². The second-order valence-corrected chi connectivity index (χ2v) is 16.6. The highest BCUT2D eigenvalue weighted by Crippen LogP contribution is 2.57. The van der Waals surface area contributed by atoms with Gasteiger partial charge in [-0.15, -0.1) is 23.5 Å². The van der Waals surface area contributed by atoms with Crippen molar-refractivity contribution in [3.63, 3.8) is 0 Å². The molecule has 8 rings (SSSR count). The second kappa shape index (κ2) is 19.0. The second-order valence-electron chi connectivity index (χ2n) is 14.9. The Bertz CT molecular complexity index is 2640. The van der Waals surface area contributed by atoms with E-state index >= 15 is 0 Å². The summed E-state index contributed by atoms with van der Waals surface area (Å²) in [6.07, 6.45) is 3.97. The Labute approximate surface area is 389 Å². The minimum Gasteiger partial charge on any atom is -0.465 e. The van der Waals surface area contributed by atoms with Crippen LogP contribution in [0.2, 0.25) is 0 Å². The third kappa shape index (κ3) is 8.02. The molecule has 0 unspecified atom stereocenters. The zero-order valence-corrected chi connectivity index (χ0v) is 38.4. The molecule has 2 aliphatic heterocycles. The Morgan fingerprint density at radius 3 is 0.803 bits per heavy atom. The summed E-state index contributed by atoms with van der Waals surface area (Å²) in [5, 5.41) is 0. The molecule has 0 aromatic heterocycles. The highest BCUT2D eigenvalue weighted by atomic mass is 32.2. The van der Waals surface area contributed by atoms with E-state index in [-0.39, 0.29) is 0 Å². The zero-order valence-electron chi connectivity index (χ0n) is 36.7.